The van der Waals surface area contributed by atoms with Gasteiger partial charge >= 0.3 is 0 Å². The first-order valence-corrected chi connectivity index (χ1v) is 5.24. The highest BCUT2D eigenvalue weighted by Crippen LogP contribution is 2.04. The van der Waals surface area contributed by atoms with Crippen LogP contribution in [0.2, 0.25) is 0 Å². The largest absolute Gasteiger partial charge is 0.285 e. The molecule has 0 aromatic rings. The van der Waals surface area contributed by atoms with Gasteiger partial charge in [0.25, 0.3) is 0 Å². The summed E-state index contributed by atoms with van der Waals surface area (Å²) in [5.74, 6) is 0. The van der Waals surface area contributed by atoms with Crippen LogP contribution >= 0.6 is 0 Å². The van der Waals surface area contributed by atoms with E-state index in [1.54, 1.807) is 0 Å². The standard InChI is InChI=1S/C6H4.C2H4O3S/c1-2-6-4-3-5(1)6;1-6(4,5)2-3/h1-4H;2H,1H3. The summed E-state index contributed by atoms with van der Waals surface area (Å²) in [4.78, 5) is 9.24. The van der Waals surface area contributed by atoms with Crippen LogP contribution in [0.1, 0.15) is 0 Å². The average Bonchev–Trinajstić information content (AvgIpc) is 1.96. The molecule has 64 valence electrons. The Hall–Kier alpha value is -1.16. The second-order valence-electron chi connectivity index (χ2n) is 2.50. The van der Waals surface area contributed by atoms with Crippen molar-refractivity contribution in [1.82, 2.24) is 0 Å². The molecular weight excluding hydrogens is 176 g/mol. The molecule has 0 N–H and O–H groups in total. The highest BCUT2D eigenvalue weighted by atomic mass is 32.2. The van der Waals surface area contributed by atoms with Crippen molar-refractivity contribution in [1.29, 1.82) is 0 Å². The van der Waals surface area contributed by atoms with Gasteiger partial charge < -0.3 is 0 Å². The van der Waals surface area contributed by atoms with E-state index in [9.17, 15) is 13.2 Å². The highest BCUT2D eigenvalue weighted by Gasteiger charge is 1.91. The van der Waals surface area contributed by atoms with E-state index in [1.807, 2.05) is 0 Å². The third kappa shape index (κ3) is 2.17. The van der Waals surface area contributed by atoms with Gasteiger partial charge in [-0.3, -0.25) is 4.79 Å². The van der Waals surface area contributed by atoms with E-state index in [4.69, 9.17) is 0 Å². The first-order valence-electron chi connectivity index (χ1n) is 3.28. The van der Waals surface area contributed by atoms with Crippen molar-refractivity contribution in [2.24, 2.45) is 0 Å². The Kier molecular flexibility index (Phi) is 2.28. The number of sulfone groups is 1. The Morgan fingerprint density at radius 3 is 1.33 bits per heavy atom. The maximum absolute atomic E-state index is 9.63. The Morgan fingerprint density at radius 2 is 1.33 bits per heavy atom. The number of rotatable bonds is 1. The lowest BCUT2D eigenvalue weighted by atomic mass is 10.1. The topological polar surface area (TPSA) is 51.2 Å². The molecule has 12 heavy (non-hydrogen) atoms. The maximum Gasteiger partial charge on any atom is 0.233 e. The van der Waals surface area contributed by atoms with Crippen molar-refractivity contribution in [3.05, 3.63) is 34.7 Å². The molecule has 2 aliphatic carbocycles. The molecule has 0 fully saturated rings. The van der Waals surface area contributed by atoms with Gasteiger partial charge in [-0.1, -0.05) is 24.3 Å². The molecule has 3 nitrogen and oxygen atoms in total. The van der Waals surface area contributed by atoms with Gasteiger partial charge in [0.1, 0.15) is 0 Å². The van der Waals surface area contributed by atoms with Gasteiger partial charge in [0.2, 0.25) is 15.5 Å². The Morgan fingerprint density at radius 1 is 1.08 bits per heavy atom. The summed E-state index contributed by atoms with van der Waals surface area (Å²) in [6.07, 6.45) is 0.847. The van der Waals surface area contributed by atoms with E-state index in [0.717, 1.165) is 6.26 Å². The molecule has 0 saturated heterocycles. The number of carbonyl (C=O) groups excluding carboxylic acids is 1. The van der Waals surface area contributed by atoms with Gasteiger partial charge in [-0.05, 0) is 10.4 Å². The molecular formula is C8H8O3S. The van der Waals surface area contributed by atoms with Crippen LogP contribution in [0.5, 0.6) is 0 Å². The minimum Gasteiger partial charge on any atom is -0.285 e. The lowest BCUT2D eigenvalue weighted by Gasteiger charge is -1.95. The number of hydrogen-bond donors (Lipinski definition) is 0. The Balaban J connectivity index is 0.000000120. The number of carbonyl (C=O) groups is 1. The van der Waals surface area contributed by atoms with E-state index >= 15 is 0 Å². The summed E-state index contributed by atoms with van der Waals surface area (Å²) in [5.41, 5.74) is -0.0903. The van der Waals surface area contributed by atoms with E-state index in [2.05, 4.69) is 24.3 Å². The summed E-state index contributed by atoms with van der Waals surface area (Å²) in [6, 6.07) is 8.48. The minimum atomic E-state index is -3.34. The van der Waals surface area contributed by atoms with Gasteiger partial charge in [-0.15, -0.1) is 0 Å². The fourth-order valence-electron chi connectivity index (χ4n) is 0.663. The van der Waals surface area contributed by atoms with E-state index in [0.29, 0.717) is 0 Å². The highest BCUT2D eigenvalue weighted by molar-refractivity contribution is 8.03. The molecule has 4 heteroatoms. The summed E-state index contributed by atoms with van der Waals surface area (Å²) < 4.78 is 19.3. The molecule has 0 radical (unpaired) electrons. The fourth-order valence-corrected chi connectivity index (χ4v) is 0.663. The van der Waals surface area contributed by atoms with Crippen LogP contribution in [0.15, 0.2) is 24.3 Å². The van der Waals surface area contributed by atoms with Gasteiger partial charge in [0.05, 0.1) is 0 Å². The molecule has 0 aromatic carbocycles. The molecule has 2 rings (SSSR count). The van der Waals surface area contributed by atoms with Crippen LogP contribution in [-0.2, 0) is 14.6 Å². The summed E-state index contributed by atoms with van der Waals surface area (Å²) in [6.45, 7) is 0. The van der Waals surface area contributed by atoms with Crippen LogP contribution in [0.3, 0.4) is 0 Å². The monoisotopic (exact) mass is 184 g/mol. The molecule has 0 unspecified atom stereocenters. The van der Waals surface area contributed by atoms with Crippen molar-refractivity contribution in [2.75, 3.05) is 6.26 Å². The van der Waals surface area contributed by atoms with Crippen LogP contribution in [-0.4, -0.2) is 20.3 Å². The third-order valence-electron chi connectivity index (χ3n) is 1.39. The summed E-state index contributed by atoms with van der Waals surface area (Å²) >= 11 is 0. The second-order valence-corrected chi connectivity index (χ2v) is 4.35. The molecule has 0 aromatic heterocycles. The second kappa shape index (κ2) is 3.06. The lowest BCUT2D eigenvalue weighted by molar-refractivity contribution is 0.557. The van der Waals surface area contributed by atoms with Crippen LogP contribution in [0, 0.1) is 10.4 Å². The van der Waals surface area contributed by atoms with E-state index in [-0.39, 0.29) is 5.62 Å². The van der Waals surface area contributed by atoms with Crippen LogP contribution in [0.25, 0.3) is 0 Å². The average molecular weight is 184 g/mol. The first-order chi connectivity index (χ1) is 5.53. The normalized spacial score (nSPS) is 11.1. The molecule has 0 amide bonds. The SMILES string of the molecule is CS(=O)(=O)C=O.c1cc2ccc1=2. The number of benzene rings is 1. The summed E-state index contributed by atoms with van der Waals surface area (Å²) in [7, 11) is -3.34. The van der Waals surface area contributed by atoms with Crippen LogP contribution < -0.4 is 0 Å². The molecule has 0 bridgehead atoms. The van der Waals surface area contributed by atoms with Crippen molar-refractivity contribution >= 4 is 15.5 Å². The van der Waals surface area contributed by atoms with Crippen molar-refractivity contribution in [3.8, 4) is 0 Å². The van der Waals surface area contributed by atoms with Gasteiger partial charge in [0, 0.05) is 6.26 Å². The summed E-state index contributed by atoms with van der Waals surface area (Å²) in [5, 5.41) is 2.85. The third-order valence-corrected chi connectivity index (χ3v) is 1.74. The van der Waals surface area contributed by atoms with E-state index in [1.165, 1.54) is 10.4 Å². The number of hydrogen-bond acceptors (Lipinski definition) is 3. The molecule has 0 aliphatic heterocycles. The molecule has 0 saturated carbocycles. The smallest absolute Gasteiger partial charge is 0.233 e. The molecule has 0 spiro atoms. The fraction of sp³-hybridized carbons (Fsp3) is 0.125. The maximum atomic E-state index is 9.63. The predicted molar refractivity (Wildman–Crippen MR) is 45.7 cm³/mol. The molecule has 2 aliphatic rings. The van der Waals surface area contributed by atoms with Crippen molar-refractivity contribution in [2.45, 2.75) is 0 Å². The zero-order chi connectivity index (χ0) is 9.19. The van der Waals surface area contributed by atoms with Gasteiger partial charge in [-0.2, -0.15) is 0 Å². The Bertz CT molecular complexity index is 411. The molecule has 0 atom stereocenters. The van der Waals surface area contributed by atoms with Gasteiger partial charge in [-0.25, -0.2) is 8.42 Å². The Labute approximate surface area is 70.3 Å². The zero-order valence-electron chi connectivity index (χ0n) is 6.52. The zero-order valence-corrected chi connectivity index (χ0v) is 7.34. The molecule has 0 heterocycles. The first kappa shape index (κ1) is 8.93. The lowest BCUT2D eigenvalue weighted by Crippen LogP contribution is -1.93. The predicted octanol–water partition coefficient (Wildman–Crippen LogP) is 0.508. The van der Waals surface area contributed by atoms with Crippen LogP contribution in [0.4, 0.5) is 0 Å². The minimum absolute atomic E-state index is 0.0903. The van der Waals surface area contributed by atoms with Crippen molar-refractivity contribution < 1.29 is 13.2 Å². The van der Waals surface area contributed by atoms with E-state index < -0.39 is 9.84 Å². The van der Waals surface area contributed by atoms with Gasteiger partial charge in [0.15, 0.2) is 0 Å². The quantitative estimate of drug-likeness (QED) is 0.607. The van der Waals surface area contributed by atoms with Crippen molar-refractivity contribution in [3.63, 3.8) is 0 Å².